The fourth-order valence-electron chi connectivity index (χ4n) is 3.67. The highest BCUT2D eigenvalue weighted by Crippen LogP contribution is 2.39. The number of aromatic nitrogens is 3. The van der Waals surface area contributed by atoms with E-state index >= 15 is 0 Å². The number of piperazine rings is 1. The Morgan fingerprint density at radius 3 is 2.37 bits per heavy atom. The van der Waals surface area contributed by atoms with Crippen molar-refractivity contribution < 1.29 is 13.2 Å². The Labute approximate surface area is 180 Å². The molecule has 1 aliphatic heterocycles. The lowest BCUT2D eigenvalue weighted by molar-refractivity contribution is 0.310. The third-order valence-electron chi connectivity index (χ3n) is 5.36. The van der Waals surface area contributed by atoms with Crippen LogP contribution in [0.15, 0.2) is 45.1 Å². The molecule has 30 heavy (non-hydrogen) atoms. The Bertz CT molecular complexity index is 1170. The van der Waals surface area contributed by atoms with Crippen LogP contribution in [0.3, 0.4) is 0 Å². The smallest absolute Gasteiger partial charge is 0.238 e. The summed E-state index contributed by atoms with van der Waals surface area (Å²) in [5.74, 6) is 0.605. The van der Waals surface area contributed by atoms with E-state index in [9.17, 15) is 8.42 Å². The number of methoxy groups -OCH3 is 1. The van der Waals surface area contributed by atoms with Crippen molar-refractivity contribution in [2.45, 2.75) is 21.7 Å². The van der Waals surface area contributed by atoms with Gasteiger partial charge in [0.15, 0.2) is 16.4 Å². The van der Waals surface area contributed by atoms with Gasteiger partial charge in [0.25, 0.3) is 0 Å². The number of hydrogen-bond acceptors (Lipinski definition) is 8. The molecular formula is C20H25N5O3S2. The summed E-state index contributed by atoms with van der Waals surface area (Å²) in [6.07, 6.45) is 1.95. The van der Waals surface area contributed by atoms with Crippen LogP contribution in [0.4, 0.5) is 5.82 Å². The lowest BCUT2D eigenvalue weighted by Gasteiger charge is -2.35. The van der Waals surface area contributed by atoms with Gasteiger partial charge in [0.1, 0.15) is 5.03 Å². The third-order valence-corrected chi connectivity index (χ3v) is 7.93. The van der Waals surface area contributed by atoms with E-state index in [2.05, 4.69) is 21.8 Å². The fourth-order valence-corrected chi connectivity index (χ4v) is 5.79. The van der Waals surface area contributed by atoms with Gasteiger partial charge in [-0.3, -0.25) is 0 Å². The minimum atomic E-state index is -3.89. The number of aryl methyl sites for hydroxylation is 1. The Morgan fingerprint density at radius 2 is 1.77 bits per heavy atom. The van der Waals surface area contributed by atoms with E-state index in [0.29, 0.717) is 24.6 Å². The number of hydrogen-bond donors (Lipinski definition) is 0. The normalized spacial score (nSPS) is 15.7. The molecule has 0 saturated carbocycles. The molecule has 0 unspecified atom stereocenters. The molecule has 0 spiro atoms. The predicted octanol–water partition coefficient (Wildman–Crippen LogP) is 2.35. The average Bonchev–Trinajstić information content (AvgIpc) is 3.09. The van der Waals surface area contributed by atoms with Gasteiger partial charge in [-0.1, -0.05) is 18.2 Å². The largest absolute Gasteiger partial charge is 0.480 e. The molecule has 1 fully saturated rings. The summed E-state index contributed by atoms with van der Waals surface area (Å²) in [5.41, 5.74) is 1.51. The molecule has 0 amide bonds. The fraction of sp³-hybridized carbons (Fsp3) is 0.400. The number of fused-ring (bicyclic) bond motifs is 1. The Hall–Kier alpha value is -2.30. The maximum Gasteiger partial charge on any atom is 0.238 e. The molecule has 1 saturated heterocycles. The first-order valence-electron chi connectivity index (χ1n) is 9.63. The lowest BCUT2D eigenvalue weighted by atomic mass is 10.3. The number of nitrogens with zero attached hydrogens (tertiary/aromatic N) is 5. The number of likely N-dealkylation sites (N-methyl/N-ethyl adjacent to an activating group) is 1. The van der Waals surface area contributed by atoms with Crippen LogP contribution in [0.2, 0.25) is 0 Å². The van der Waals surface area contributed by atoms with E-state index in [1.54, 1.807) is 34.8 Å². The van der Waals surface area contributed by atoms with Crippen LogP contribution >= 0.6 is 11.8 Å². The molecule has 0 N–H and O–H groups in total. The zero-order valence-electron chi connectivity index (χ0n) is 17.5. The van der Waals surface area contributed by atoms with E-state index in [1.807, 2.05) is 13.2 Å². The van der Waals surface area contributed by atoms with Gasteiger partial charge in [-0.2, -0.15) is 14.6 Å². The summed E-state index contributed by atoms with van der Waals surface area (Å²) in [7, 11) is -0.370. The van der Waals surface area contributed by atoms with Crippen molar-refractivity contribution in [3.63, 3.8) is 0 Å². The first-order valence-corrected chi connectivity index (χ1v) is 12.3. The Kier molecular flexibility index (Phi) is 5.65. The summed E-state index contributed by atoms with van der Waals surface area (Å²) in [6, 6.07) is 8.40. The van der Waals surface area contributed by atoms with Crippen LogP contribution in [0.1, 0.15) is 5.56 Å². The van der Waals surface area contributed by atoms with E-state index in [1.165, 1.54) is 18.9 Å². The highest BCUT2D eigenvalue weighted by atomic mass is 32.2. The van der Waals surface area contributed by atoms with Gasteiger partial charge < -0.3 is 14.5 Å². The molecule has 10 heteroatoms. The summed E-state index contributed by atoms with van der Waals surface area (Å²) in [4.78, 5) is 9.13. The van der Waals surface area contributed by atoms with Crippen molar-refractivity contribution in [1.29, 1.82) is 0 Å². The van der Waals surface area contributed by atoms with Gasteiger partial charge in [0, 0.05) is 31.7 Å². The zero-order valence-corrected chi connectivity index (χ0v) is 19.1. The number of rotatable bonds is 5. The van der Waals surface area contributed by atoms with Crippen LogP contribution in [0, 0.1) is 6.92 Å². The molecule has 3 aromatic rings. The number of anilines is 1. The highest BCUT2D eigenvalue weighted by molar-refractivity contribution is 7.98. The monoisotopic (exact) mass is 447 g/mol. The van der Waals surface area contributed by atoms with Crippen molar-refractivity contribution in [3.8, 4) is 5.88 Å². The van der Waals surface area contributed by atoms with Crippen molar-refractivity contribution in [3.05, 3.63) is 35.9 Å². The summed E-state index contributed by atoms with van der Waals surface area (Å²) in [5, 5.41) is 5.52. The molecule has 0 bridgehead atoms. The number of ether oxygens (including phenoxy) is 1. The van der Waals surface area contributed by atoms with Crippen molar-refractivity contribution in [1.82, 2.24) is 19.5 Å². The second-order valence-electron chi connectivity index (χ2n) is 7.25. The van der Waals surface area contributed by atoms with Crippen molar-refractivity contribution >= 4 is 33.1 Å². The van der Waals surface area contributed by atoms with E-state index in [0.717, 1.165) is 23.7 Å². The van der Waals surface area contributed by atoms with Crippen LogP contribution in [0.25, 0.3) is 5.65 Å². The van der Waals surface area contributed by atoms with Gasteiger partial charge in [-0.15, -0.1) is 11.8 Å². The second-order valence-corrected chi connectivity index (χ2v) is 9.93. The maximum atomic E-state index is 13.7. The molecule has 0 atom stereocenters. The standard InChI is InChI=1S/C20H25N5O3S2/c1-14-17-21-18(28-3)16(30(26,27)15-8-6-5-7-9-15)20(25(17)22-19(14)29-4)24-12-10-23(2)11-13-24/h5-9H,10-13H2,1-4H3. The third kappa shape index (κ3) is 3.42. The van der Waals surface area contributed by atoms with E-state index < -0.39 is 9.84 Å². The minimum Gasteiger partial charge on any atom is -0.480 e. The zero-order chi connectivity index (χ0) is 21.5. The molecule has 160 valence electrons. The van der Waals surface area contributed by atoms with Gasteiger partial charge >= 0.3 is 0 Å². The van der Waals surface area contributed by atoms with Crippen LogP contribution in [-0.4, -0.2) is 74.5 Å². The first-order chi connectivity index (χ1) is 14.4. The lowest BCUT2D eigenvalue weighted by Crippen LogP contribution is -2.45. The first kappa shape index (κ1) is 21.0. The Balaban J connectivity index is 2.06. The molecule has 4 rings (SSSR count). The van der Waals surface area contributed by atoms with Crippen molar-refractivity contribution in [2.75, 3.05) is 51.5 Å². The molecule has 0 radical (unpaired) electrons. The van der Waals surface area contributed by atoms with Crippen molar-refractivity contribution in [2.24, 2.45) is 0 Å². The maximum absolute atomic E-state index is 13.7. The summed E-state index contributed by atoms with van der Waals surface area (Å²) in [6.45, 7) is 4.96. The minimum absolute atomic E-state index is 0.0587. The predicted molar refractivity (Wildman–Crippen MR) is 118 cm³/mol. The van der Waals surface area contributed by atoms with E-state index in [-0.39, 0.29) is 15.7 Å². The van der Waals surface area contributed by atoms with E-state index in [4.69, 9.17) is 9.84 Å². The molecule has 0 aliphatic carbocycles. The van der Waals surface area contributed by atoms with Crippen LogP contribution in [-0.2, 0) is 9.84 Å². The van der Waals surface area contributed by atoms with Crippen LogP contribution < -0.4 is 9.64 Å². The quantitative estimate of drug-likeness (QED) is 0.552. The molecule has 1 aromatic carbocycles. The molecule has 3 heterocycles. The van der Waals surface area contributed by atoms with Crippen LogP contribution in [0.5, 0.6) is 5.88 Å². The SMILES string of the molecule is COc1nc2c(C)c(SC)nn2c(N2CCN(C)CC2)c1S(=O)(=O)c1ccccc1. The molecule has 1 aliphatic rings. The summed E-state index contributed by atoms with van der Waals surface area (Å²) < 4.78 is 34.7. The van der Waals surface area contributed by atoms with Gasteiger partial charge in [0.2, 0.25) is 15.7 Å². The molecule has 8 nitrogen and oxygen atoms in total. The number of benzene rings is 1. The van der Waals surface area contributed by atoms with Gasteiger partial charge in [-0.05, 0) is 32.4 Å². The van der Waals surface area contributed by atoms with Gasteiger partial charge in [0.05, 0.1) is 12.0 Å². The number of thioether (sulfide) groups is 1. The second kappa shape index (κ2) is 8.09. The Morgan fingerprint density at radius 1 is 1.10 bits per heavy atom. The molecular weight excluding hydrogens is 422 g/mol. The van der Waals surface area contributed by atoms with Gasteiger partial charge in [-0.25, -0.2) is 8.42 Å². The highest BCUT2D eigenvalue weighted by Gasteiger charge is 2.34. The topological polar surface area (TPSA) is 80.0 Å². The summed E-state index contributed by atoms with van der Waals surface area (Å²) >= 11 is 1.51. The average molecular weight is 448 g/mol. The molecule has 2 aromatic heterocycles. The number of sulfone groups is 1.